The largest absolute Gasteiger partial charge is 0.508 e. The molecule has 0 unspecified atom stereocenters. The number of benzene rings is 1. The zero-order chi connectivity index (χ0) is 12.8. The van der Waals surface area contributed by atoms with Gasteiger partial charge < -0.3 is 20.1 Å². The van der Waals surface area contributed by atoms with Gasteiger partial charge in [0.05, 0.1) is 6.61 Å². The second kappa shape index (κ2) is 6.61. The van der Waals surface area contributed by atoms with Crippen LogP contribution in [-0.4, -0.2) is 49.3 Å². The Balaban J connectivity index is 1.98. The number of hydrogen-bond acceptors (Lipinski definition) is 4. The minimum Gasteiger partial charge on any atom is -0.508 e. The van der Waals surface area contributed by atoms with Crippen LogP contribution in [0.2, 0.25) is 0 Å². The summed E-state index contributed by atoms with van der Waals surface area (Å²) in [5.74, 6) is 1.16. The topological polar surface area (TPSA) is 44.7 Å². The number of nitrogens with zero attached hydrogens (tertiary/aromatic N) is 1. The van der Waals surface area contributed by atoms with E-state index in [0.29, 0.717) is 12.4 Å². The number of piperazine rings is 1. The van der Waals surface area contributed by atoms with Crippen molar-refractivity contribution in [2.45, 2.75) is 13.3 Å². The summed E-state index contributed by atoms with van der Waals surface area (Å²) in [6.07, 6.45) is 0.835. The molecule has 4 heteroatoms. The Kier molecular flexibility index (Phi) is 4.84. The number of nitrogens with one attached hydrogen (secondary N) is 1. The van der Waals surface area contributed by atoms with Crippen molar-refractivity contribution in [3.63, 3.8) is 0 Å². The van der Waals surface area contributed by atoms with Gasteiger partial charge in [0.25, 0.3) is 0 Å². The molecule has 100 valence electrons. The molecule has 1 saturated heterocycles. The van der Waals surface area contributed by atoms with Crippen LogP contribution >= 0.6 is 0 Å². The van der Waals surface area contributed by atoms with Gasteiger partial charge >= 0.3 is 0 Å². The van der Waals surface area contributed by atoms with Crippen molar-refractivity contribution < 1.29 is 9.84 Å². The first-order valence-electron chi connectivity index (χ1n) is 6.68. The standard InChI is InChI=1S/C14H22N2O2/c1-2-18-14-5-3-4-13(17)12(14)6-9-16-10-7-15-8-11-16/h3-5,15,17H,2,6-11H2,1H3. The van der Waals surface area contributed by atoms with Crippen LogP contribution in [0.5, 0.6) is 11.5 Å². The van der Waals surface area contributed by atoms with Crippen molar-refractivity contribution in [3.05, 3.63) is 23.8 Å². The molecule has 0 radical (unpaired) electrons. The highest BCUT2D eigenvalue weighted by Crippen LogP contribution is 2.28. The fraction of sp³-hybridized carbons (Fsp3) is 0.571. The van der Waals surface area contributed by atoms with E-state index < -0.39 is 0 Å². The number of aromatic hydroxyl groups is 1. The van der Waals surface area contributed by atoms with Gasteiger partial charge in [-0.2, -0.15) is 0 Å². The quantitative estimate of drug-likeness (QED) is 0.825. The molecule has 2 rings (SSSR count). The maximum Gasteiger partial charge on any atom is 0.126 e. The molecule has 0 amide bonds. The summed E-state index contributed by atoms with van der Waals surface area (Å²) in [7, 11) is 0. The normalized spacial score (nSPS) is 16.7. The number of phenolic OH excluding ortho intramolecular Hbond substituents is 1. The van der Waals surface area contributed by atoms with Crippen LogP contribution in [0.25, 0.3) is 0 Å². The first kappa shape index (κ1) is 13.2. The smallest absolute Gasteiger partial charge is 0.126 e. The predicted octanol–water partition coefficient (Wildman–Crippen LogP) is 1.24. The Hall–Kier alpha value is -1.26. The van der Waals surface area contributed by atoms with Crippen molar-refractivity contribution in [1.29, 1.82) is 0 Å². The van der Waals surface area contributed by atoms with E-state index in [2.05, 4.69) is 10.2 Å². The SMILES string of the molecule is CCOc1cccc(O)c1CCN1CCNCC1. The highest BCUT2D eigenvalue weighted by molar-refractivity contribution is 5.44. The van der Waals surface area contributed by atoms with Gasteiger partial charge in [0, 0.05) is 38.3 Å². The third-order valence-electron chi connectivity index (χ3n) is 3.30. The van der Waals surface area contributed by atoms with E-state index in [4.69, 9.17) is 4.74 Å². The van der Waals surface area contributed by atoms with Crippen molar-refractivity contribution >= 4 is 0 Å². The van der Waals surface area contributed by atoms with Gasteiger partial charge in [0.2, 0.25) is 0 Å². The molecule has 0 aromatic heterocycles. The maximum atomic E-state index is 9.94. The molecule has 1 aromatic carbocycles. The summed E-state index contributed by atoms with van der Waals surface area (Å²) in [4.78, 5) is 2.42. The number of phenols is 1. The lowest BCUT2D eigenvalue weighted by Gasteiger charge is -2.27. The zero-order valence-electron chi connectivity index (χ0n) is 11.0. The van der Waals surface area contributed by atoms with Gasteiger partial charge in [0.15, 0.2) is 0 Å². The molecule has 1 aromatic rings. The third kappa shape index (κ3) is 3.37. The molecule has 2 N–H and O–H groups in total. The van der Waals surface area contributed by atoms with Crippen LogP contribution in [0.15, 0.2) is 18.2 Å². The van der Waals surface area contributed by atoms with E-state index in [9.17, 15) is 5.11 Å². The van der Waals surface area contributed by atoms with E-state index in [1.807, 2.05) is 19.1 Å². The van der Waals surface area contributed by atoms with Crippen LogP contribution in [0, 0.1) is 0 Å². The van der Waals surface area contributed by atoms with E-state index in [1.165, 1.54) is 0 Å². The van der Waals surface area contributed by atoms with E-state index in [1.54, 1.807) is 6.07 Å². The average molecular weight is 250 g/mol. The second-order valence-electron chi connectivity index (χ2n) is 4.53. The van der Waals surface area contributed by atoms with E-state index >= 15 is 0 Å². The Morgan fingerprint density at radius 2 is 2.11 bits per heavy atom. The van der Waals surface area contributed by atoms with Crippen molar-refractivity contribution in [2.75, 3.05) is 39.3 Å². The summed E-state index contributed by atoms with van der Waals surface area (Å²) in [5, 5.41) is 13.3. The van der Waals surface area contributed by atoms with Crippen molar-refractivity contribution in [2.24, 2.45) is 0 Å². The van der Waals surface area contributed by atoms with Crippen LogP contribution in [0.4, 0.5) is 0 Å². The van der Waals surface area contributed by atoms with Crippen molar-refractivity contribution in [3.8, 4) is 11.5 Å². The van der Waals surface area contributed by atoms with Gasteiger partial charge in [-0.1, -0.05) is 6.07 Å². The lowest BCUT2D eigenvalue weighted by molar-refractivity contribution is 0.241. The molecule has 0 bridgehead atoms. The molecule has 1 heterocycles. The predicted molar refractivity (Wildman–Crippen MR) is 72.3 cm³/mol. The molecule has 0 atom stereocenters. The Labute approximate surface area is 109 Å². The fourth-order valence-electron chi connectivity index (χ4n) is 2.30. The molecular formula is C14H22N2O2. The Bertz CT molecular complexity index is 376. The highest BCUT2D eigenvalue weighted by atomic mass is 16.5. The minimum atomic E-state index is 0.344. The maximum absolute atomic E-state index is 9.94. The van der Waals surface area contributed by atoms with Gasteiger partial charge in [-0.25, -0.2) is 0 Å². The van der Waals surface area contributed by atoms with Crippen LogP contribution in [0.1, 0.15) is 12.5 Å². The van der Waals surface area contributed by atoms with Crippen LogP contribution in [0.3, 0.4) is 0 Å². The number of hydrogen-bond donors (Lipinski definition) is 2. The van der Waals surface area contributed by atoms with Gasteiger partial charge in [0.1, 0.15) is 11.5 Å². The highest BCUT2D eigenvalue weighted by Gasteiger charge is 2.13. The van der Waals surface area contributed by atoms with Gasteiger partial charge in [-0.3, -0.25) is 0 Å². The molecule has 18 heavy (non-hydrogen) atoms. The lowest BCUT2D eigenvalue weighted by atomic mass is 10.1. The minimum absolute atomic E-state index is 0.344. The van der Waals surface area contributed by atoms with Crippen LogP contribution < -0.4 is 10.1 Å². The fourth-order valence-corrected chi connectivity index (χ4v) is 2.30. The lowest BCUT2D eigenvalue weighted by Crippen LogP contribution is -2.44. The molecule has 0 saturated carbocycles. The first-order chi connectivity index (χ1) is 8.81. The summed E-state index contributed by atoms with van der Waals surface area (Å²) >= 11 is 0. The summed E-state index contributed by atoms with van der Waals surface area (Å²) in [6.45, 7) is 7.83. The molecule has 0 aliphatic carbocycles. The molecule has 1 aliphatic heterocycles. The summed E-state index contributed by atoms with van der Waals surface area (Å²) < 4.78 is 5.57. The van der Waals surface area contributed by atoms with Crippen LogP contribution in [-0.2, 0) is 6.42 Å². The molecular weight excluding hydrogens is 228 g/mol. The van der Waals surface area contributed by atoms with Gasteiger partial charge in [-0.15, -0.1) is 0 Å². The summed E-state index contributed by atoms with van der Waals surface area (Å²) in [6, 6.07) is 5.49. The summed E-state index contributed by atoms with van der Waals surface area (Å²) in [5.41, 5.74) is 0.929. The Morgan fingerprint density at radius 3 is 2.83 bits per heavy atom. The molecule has 4 nitrogen and oxygen atoms in total. The van der Waals surface area contributed by atoms with Crippen molar-refractivity contribution in [1.82, 2.24) is 10.2 Å². The third-order valence-corrected chi connectivity index (χ3v) is 3.30. The van der Waals surface area contributed by atoms with E-state index in [-0.39, 0.29) is 0 Å². The average Bonchev–Trinajstić information content (AvgIpc) is 2.40. The second-order valence-corrected chi connectivity index (χ2v) is 4.53. The number of rotatable bonds is 5. The first-order valence-corrected chi connectivity index (χ1v) is 6.68. The van der Waals surface area contributed by atoms with E-state index in [0.717, 1.165) is 50.5 Å². The molecule has 1 fully saturated rings. The zero-order valence-corrected chi connectivity index (χ0v) is 11.0. The molecule has 0 spiro atoms. The Morgan fingerprint density at radius 1 is 1.33 bits per heavy atom. The molecule has 1 aliphatic rings. The number of ether oxygens (including phenoxy) is 1. The monoisotopic (exact) mass is 250 g/mol. The van der Waals surface area contributed by atoms with Gasteiger partial charge in [-0.05, 0) is 25.5 Å².